The van der Waals surface area contributed by atoms with E-state index in [1.54, 1.807) is 48.2 Å². The molecule has 1 saturated heterocycles. The molecule has 0 spiro atoms. The van der Waals surface area contributed by atoms with Crippen LogP contribution in [0.25, 0.3) is 11.0 Å². The summed E-state index contributed by atoms with van der Waals surface area (Å²) in [5, 5.41) is 2.84. The zero-order valence-corrected chi connectivity index (χ0v) is 21.2. The Kier molecular flexibility index (Phi) is 7.54. The SMILES string of the molecule is CCn1c(CN2CCN(C(=O)Nc3ccccc3C(=O)OC)CC2)nc2cc(C(=O)N(C)C)ccc21. The lowest BCUT2D eigenvalue weighted by Crippen LogP contribution is -2.49. The molecule has 1 aliphatic heterocycles. The number of benzene rings is 2. The Morgan fingerprint density at radius 2 is 1.78 bits per heavy atom. The molecular weight excluding hydrogens is 460 g/mol. The quantitative estimate of drug-likeness (QED) is 0.531. The lowest BCUT2D eigenvalue weighted by molar-refractivity contribution is 0.0601. The number of aromatic nitrogens is 2. The van der Waals surface area contributed by atoms with E-state index in [1.807, 2.05) is 18.2 Å². The zero-order chi connectivity index (χ0) is 25.8. The van der Waals surface area contributed by atoms with Crippen molar-refractivity contribution in [2.45, 2.75) is 20.0 Å². The van der Waals surface area contributed by atoms with Crippen molar-refractivity contribution in [3.05, 3.63) is 59.4 Å². The first-order valence-electron chi connectivity index (χ1n) is 12.0. The average Bonchev–Trinajstić information content (AvgIpc) is 3.24. The highest BCUT2D eigenvalue weighted by Crippen LogP contribution is 2.21. The second-order valence-electron chi connectivity index (χ2n) is 8.91. The van der Waals surface area contributed by atoms with E-state index in [-0.39, 0.29) is 11.9 Å². The Balaban J connectivity index is 1.41. The number of hydrogen-bond donors (Lipinski definition) is 1. The van der Waals surface area contributed by atoms with Crippen LogP contribution in [-0.2, 0) is 17.8 Å². The third-order valence-corrected chi connectivity index (χ3v) is 6.40. The fraction of sp³-hybridized carbons (Fsp3) is 0.385. The lowest BCUT2D eigenvalue weighted by Gasteiger charge is -2.34. The van der Waals surface area contributed by atoms with Gasteiger partial charge in [0.15, 0.2) is 0 Å². The highest BCUT2D eigenvalue weighted by molar-refractivity contribution is 6.01. The first kappa shape index (κ1) is 25.2. The minimum atomic E-state index is -0.493. The summed E-state index contributed by atoms with van der Waals surface area (Å²) in [4.78, 5) is 47.6. The van der Waals surface area contributed by atoms with Crippen molar-refractivity contribution in [3.63, 3.8) is 0 Å². The highest BCUT2D eigenvalue weighted by atomic mass is 16.5. The van der Waals surface area contributed by atoms with Crippen LogP contribution < -0.4 is 5.32 Å². The molecular formula is C26H32N6O4. The highest BCUT2D eigenvalue weighted by Gasteiger charge is 2.24. The monoisotopic (exact) mass is 492 g/mol. The number of fused-ring (bicyclic) bond motifs is 1. The molecule has 1 aromatic heterocycles. The van der Waals surface area contributed by atoms with Crippen LogP contribution in [0.1, 0.15) is 33.5 Å². The molecule has 0 atom stereocenters. The van der Waals surface area contributed by atoms with Crippen molar-refractivity contribution >= 4 is 34.6 Å². The molecule has 0 bridgehead atoms. The van der Waals surface area contributed by atoms with Crippen molar-refractivity contribution in [3.8, 4) is 0 Å². The molecule has 4 rings (SSSR count). The second-order valence-corrected chi connectivity index (χ2v) is 8.91. The molecule has 0 radical (unpaired) electrons. The Morgan fingerprint density at radius 3 is 2.44 bits per heavy atom. The number of amides is 3. The van der Waals surface area contributed by atoms with Crippen LogP contribution in [0.15, 0.2) is 42.5 Å². The molecule has 2 aromatic carbocycles. The molecule has 0 aliphatic carbocycles. The third-order valence-electron chi connectivity index (χ3n) is 6.40. The van der Waals surface area contributed by atoms with Crippen LogP contribution in [-0.4, -0.2) is 89.5 Å². The van der Waals surface area contributed by atoms with Gasteiger partial charge < -0.3 is 24.4 Å². The van der Waals surface area contributed by atoms with Gasteiger partial charge in [-0.3, -0.25) is 9.69 Å². The number of ether oxygens (including phenoxy) is 1. The Morgan fingerprint density at radius 1 is 1.06 bits per heavy atom. The number of nitrogens with one attached hydrogen (secondary N) is 1. The summed E-state index contributed by atoms with van der Waals surface area (Å²) in [5.74, 6) is 0.396. The van der Waals surface area contributed by atoms with Gasteiger partial charge in [-0.1, -0.05) is 12.1 Å². The van der Waals surface area contributed by atoms with Gasteiger partial charge in [0.2, 0.25) is 0 Å². The van der Waals surface area contributed by atoms with E-state index in [0.29, 0.717) is 49.5 Å². The number of carbonyl (C=O) groups excluding carboxylic acids is 3. The summed E-state index contributed by atoms with van der Waals surface area (Å²) in [6.07, 6.45) is 0. The van der Waals surface area contributed by atoms with E-state index >= 15 is 0 Å². The van der Waals surface area contributed by atoms with Gasteiger partial charge in [-0.05, 0) is 37.3 Å². The Bertz CT molecular complexity index is 1280. The fourth-order valence-corrected chi connectivity index (χ4v) is 4.43. The van der Waals surface area contributed by atoms with Crippen molar-refractivity contribution in [2.24, 2.45) is 0 Å². The molecule has 10 nitrogen and oxygen atoms in total. The van der Waals surface area contributed by atoms with E-state index in [4.69, 9.17) is 9.72 Å². The molecule has 1 fully saturated rings. The van der Waals surface area contributed by atoms with E-state index in [1.165, 1.54) is 7.11 Å². The normalized spacial score (nSPS) is 14.1. The number of para-hydroxylation sites is 1. The maximum atomic E-state index is 12.8. The Labute approximate surface area is 210 Å². The topological polar surface area (TPSA) is 100 Å². The fourth-order valence-electron chi connectivity index (χ4n) is 4.43. The van der Waals surface area contributed by atoms with Crippen LogP contribution in [0.4, 0.5) is 10.5 Å². The maximum absolute atomic E-state index is 12.8. The number of imidazole rings is 1. The van der Waals surface area contributed by atoms with Crippen LogP contribution in [0.2, 0.25) is 0 Å². The molecule has 1 aliphatic rings. The summed E-state index contributed by atoms with van der Waals surface area (Å²) < 4.78 is 6.98. The van der Waals surface area contributed by atoms with Crippen molar-refractivity contribution in [2.75, 3.05) is 52.7 Å². The van der Waals surface area contributed by atoms with E-state index in [0.717, 1.165) is 23.4 Å². The number of esters is 1. The van der Waals surface area contributed by atoms with E-state index in [9.17, 15) is 14.4 Å². The summed E-state index contributed by atoms with van der Waals surface area (Å²) in [6.45, 7) is 6.01. The van der Waals surface area contributed by atoms with Gasteiger partial charge in [0.1, 0.15) is 5.82 Å². The molecule has 190 valence electrons. The number of nitrogens with zero attached hydrogens (tertiary/aromatic N) is 5. The van der Waals surface area contributed by atoms with Crippen molar-refractivity contribution < 1.29 is 19.1 Å². The number of anilines is 1. The van der Waals surface area contributed by atoms with Crippen molar-refractivity contribution in [1.82, 2.24) is 24.3 Å². The summed E-state index contributed by atoms with van der Waals surface area (Å²) in [6, 6.07) is 12.2. The summed E-state index contributed by atoms with van der Waals surface area (Å²) in [7, 11) is 4.79. The van der Waals surface area contributed by atoms with Gasteiger partial charge in [0.05, 0.1) is 35.9 Å². The Hall–Kier alpha value is -3.92. The minimum Gasteiger partial charge on any atom is -0.465 e. The van der Waals surface area contributed by atoms with Crippen LogP contribution in [0.5, 0.6) is 0 Å². The average molecular weight is 493 g/mol. The number of carbonyl (C=O) groups is 3. The molecule has 1 N–H and O–H groups in total. The van der Waals surface area contributed by atoms with Gasteiger partial charge in [0.25, 0.3) is 5.91 Å². The number of piperazine rings is 1. The van der Waals surface area contributed by atoms with Crippen LogP contribution in [0, 0.1) is 0 Å². The molecule has 10 heteroatoms. The molecule has 0 saturated carbocycles. The first-order valence-corrected chi connectivity index (χ1v) is 12.0. The molecule has 36 heavy (non-hydrogen) atoms. The zero-order valence-electron chi connectivity index (χ0n) is 21.2. The van der Waals surface area contributed by atoms with E-state index < -0.39 is 5.97 Å². The van der Waals surface area contributed by atoms with Crippen LogP contribution in [0.3, 0.4) is 0 Å². The number of rotatable bonds is 6. The largest absolute Gasteiger partial charge is 0.465 e. The molecule has 0 unspecified atom stereocenters. The van der Waals surface area contributed by atoms with Crippen molar-refractivity contribution in [1.29, 1.82) is 0 Å². The predicted molar refractivity (Wildman–Crippen MR) is 137 cm³/mol. The van der Waals surface area contributed by atoms with Gasteiger partial charge in [0, 0.05) is 52.4 Å². The van der Waals surface area contributed by atoms with Gasteiger partial charge in [-0.2, -0.15) is 0 Å². The lowest BCUT2D eigenvalue weighted by atomic mass is 10.2. The predicted octanol–water partition coefficient (Wildman–Crippen LogP) is 2.89. The third kappa shape index (κ3) is 5.18. The molecule has 3 aromatic rings. The number of urea groups is 1. The van der Waals surface area contributed by atoms with Gasteiger partial charge in [-0.25, -0.2) is 14.6 Å². The number of hydrogen-bond acceptors (Lipinski definition) is 6. The minimum absolute atomic E-state index is 0.0480. The number of methoxy groups -OCH3 is 1. The maximum Gasteiger partial charge on any atom is 0.339 e. The summed E-state index contributed by atoms with van der Waals surface area (Å²) >= 11 is 0. The van der Waals surface area contributed by atoms with Gasteiger partial charge in [-0.15, -0.1) is 0 Å². The smallest absolute Gasteiger partial charge is 0.339 e. The first-order chi connectivity index (χ1) is 17.3. The summed E-state index contributed by atoms with van der Waals surface area (Å²) in [5.41, 5.74) is 3.18. The molecule has 2 heterocycles. The van der Waals surface area contributed by atoms with Gasteiger partial charge >= 0.3 is 12.0 Å². The van der Waals surface area contributed by atoms with E-state index in [2.05, 4.69) is 21.7 Å². The standard InChI is InChI=1S/C26H32N6O4/c1-5-32-22-11-10-18(24(33)29(2)3)16-21(22)27-23(32)17-30-12-14-31(15-13-30)26(35)28-20-9-7-6-8-19(20)25(34)36-4/h6-11,16H,5,12-15,17H2,1-4H3,(H,28,35). The van der Waals surface area contributed by atoms with Crippen LogP contribution >= 0.6 is 0 Å². The second kappa shape index (κ2) is 10.8. The number of aryl methyl sites for hydroxylation is 1. The molecule has 3 amide bonds.